The van der Waals surface area contributed by atoms with E-state index in [-0.39, 0.29) is 12.1 Å². The molecular formula is C11H8BrFN2O2. The fourth-order valence-electron chi connectivity index (χ4n) is 1.48. The molecule has 1 N–H and O–H groups in total. The molecule has 0 spiro atoms. The number of hydrogen-bond donors (Lipinski definition) is 1. The van der Waals surface area contributed by atoms with Gasteiger partial charge in [0.1, 0.15) is 5.82 Å². The second-order valence-corrected chi connectivity index (χ2v) is 4.38. The molecule has 2 aromatic rings. The number of rotatable bonds is 3. The lowest BCUT2D eigenvalue weighted by molar-refractivity contribution is 0.0695. The summed E-state index contributed by atoms with van der Waals surface area (Å²) in [6.45, 7) is 0.285. The van der Waals surface area contributed by atoms with Crippen LogP contribution in [0.15, 0.2) is 35.1 Å². The van der Waals surface area contributed by atoms with Crippen molar-refractivity contribution in [3.8, 4) is 0 Å². The lowest BCUT2D eigenvalue weighted by Crippen LogP contribution is -2.08. The number of carboxylic acids is 1. The molecule has 4 nitrogen and oxygen atoms in total. The molecule has 6 heteroatoms. The number of hydrogen-bond acceptors (Lipinski definition) is 2. The fraction of sp³-hybridized carbons (Fsp3) is 0.0909. The first kappa shape index (κ1) is 11.8. The zero-order chi connectivity index (χ0) is 12.4. The Hall–Kier alpha value is -1.69. The molecule has 0 amide bonds. The zero-order valence-electron chi connectivity index (χ0n) is 8.60. The van der Waals surface area contributed by atoms with Crippen molar-refractivity contribution in [2.75, 3.05) is 0 Å². The van der Waals surface area contributed by atoms with Gasteiger partial charge in [-0.2, -0.15) is 5.10 Å². The maximum atomic E-state index is 13.0. The minimum Gasteiger partial charge on any atom is -0.478 e. The van der Waals surface area contributed by atoms with Crippen molar-refractivity contribution in [3.05, 3.63) is 52.0 Å². The molecule has 0 unspecified atom stereocenters. The topological polar surface area (TPSA) is 55.1 Å². The van der Waals surface area contributed by atoms with Gasteiger partial charge in [0.15, 0.2) is 0 Å². The quantitative estimate of drug-likeness (QED) is 0.947. The van der Waals surface area contributed by atoms with Crippen LogP contribution in [0.1, 0.15) is 15.9 Å². The van der Waals surface area contributed by atoms with Crippen LogP contribution in [0.25, 0.3) is 0 Å². The highest BCUT2D eigenvalue weighted by molar-refractivity contribution is 9.10. The SMILES string of the molecule is O=C(O)c1cc(F)ccc1Cn1cc(Br)cn1. The lowest BCUT2D eigenvalue weighted by atomic mass is 10.1. The van der Waals surface area contributed by atoms with Gasteiger partial charge in [-0.15, -0.1) is 0 Å². The van der Waals surface area contributed by atoms with Gasteiger partial charge in [-0.25, -0.2) is 9.18 Å². The van der Waals surface area contributed by atoms with Gasteiger partial charge in [0.2, 0.25) is 0 Å². The summed E-state index contributed by atoms with van der Waals surface area (Å²) in [4.78, 5) is 11.0. The largest absolute Gasteiger partial charge is 0.478 e. The molecule has 17 heavy (non-hydrogen) atoms. The molecular weight excluding hydrogens is 291 g/mol. The minimum absolute atomic E-state index is 0.0448. The van der Waals surface area contributed by atoms with Crippen LogP contribution < -0.4 is 0 Å². The van der Waals surface area contributed by atoms with Gasteiger partial charge in [0, 0.05) is 6.20 Å². The Bertz CT molecular complexity index is 568. The number of carboxylic acid groups (broad SMARTS) is 1. The third kappa shape index (κ3) is 2.71. The van der Waals surface area contributed by atoms with Crippen molar-refractivity contribution in [1.29, 1.82) is 0 Å². The summed E-state index contributed by atoms with van der Waals surface area (Å²) >= 11 is 3.24. The molecule has 0 aliphatic heterocycles. The molecule has 0 bridgehead atoms. The number of benzene rings is 1. The summed E-state index contributed by atoms with van der Waals surface area (Å²) in [5, 5.41) is 13.0. The van der Waals surface area contributed by atoms with E-state index in [0.717, 1.165) is 10.5 Å². The first-order chi connectivity index (χ1) is 8.06. The summed E-state index contributed by atoms with van der Waals surface area (Å²) in [5.41, 5.74) is 0.464. The van der Waals surface area contributed by atoms with Crippen LogP contribution in [-0.2, 0) is 6.54 Å². The average Bonchev–Trinajstić information content (AvgIpc) is 2.66. The average molecular weight is 299 g/mol. The third-order valence-corrected chi connectivity index (χ3v) is 2.65. The number of carbonyl (C=O) groups is 1. The van der Waals surface area contributed by atoms with Crippen LogP contribution in [-0.4, -0.2) is 20.9 Å². The van der Waals surface area contributed by atoms with Crippen LogP contribution in [0.2, 0.25) is 0 Å². The molecule has 0 saturated heterocycles. The second-order valence-electron chi connectivity index (χ2n) is 3.46. The number of aromatic carboxylic acids is 1. The molecule has 1 heterocycles. The minimum atomic E-state index is -1.15. The highest BCUT2D eigenvalue weighted by Gasteiger charge is 2.11. The Balaban J connectivity index is 2.35. The molecule has 0 aliphatic rings. The fourth-order valence-corrected chi connectivity index (χ4v) is 1.81. The van der Waals surface area contributed by atoms with Crippen molar-refractivity contribution in [1.82, 2.24) is 9.78 Å². The second kappa shape index (κ2) is 4.67. The Morgan fingerprint density at radius 1 is 1.53 bits per heavy atom. The monoisotopic (exact) mass is 298 g/mol. The molecule has 0 aliphatic carbocycles. The van der Waals surface area contributed by atoms with Gasteiger partial charge < -0.3 is 5.11 Å². The molecule has 0 radical (unpaired) electrons. The van der Waals surface area contributed by atoms with E-state index in [1.807, 2.05) is 0 Å². The Labute approximate surface area is 105 Å². The van der Waals surface area contributed by atoms with E-state index in [0.29, 0.717) is 5.56 Å². The van der Waals surface area contributed by atoms with Crippen LogP contribution >= 0.6 is 15.9 Å². The molecule has 88 valence electrons. The normalized spacial score (nSPS) is 10.5. The summed E-state index contributed by atoms with van der Waals surface area (Å²) < 4.78 is 15.3. The van der Waals surface area contributed by atoms with Crippen molar-refractivity contribution >= 4 is 21.9 Å². The molecule has 1 aromatic heterocycles. The maximum Gasteiger partial charge on any atom is 0.336 e. The van der Waals surface area contributed by atoms with Crippen molar-refractivity contribution in [2.45, 2.75) is 6.54 Å². The van der Waals surface area contributed by atoms with Crippen LogP contribution in [0, 0.1) is 5.82 Å². The number of halogens is 2. The third-order valence-electron chi connectivity index (χ3n) is 2.24. The lowest BCUT2D eigenvalue weighted by Gasteiger charge is -2.06. The van der Waals surface area contributed by atoms with Crippen LogP contribution in [0.4, 0.5) is 4.39 Å². The molecule has 2 rings (SSSR count). The van der Waals surface area contributed by atoms with E-state index in [9.17, 15) is 9.18 Å². The van der Waals surface area contributed by atoms with E-state index < -0.39 is 11.8 Å². The number of nitrogens with zero attached hydrogens (tertiary/aromatic N) is 2. The van der Waals surface area contributed by atoms with E-state index in [2.05, 4.69) is 21.0 Å². The predicted octanol–water partition coefficient (Wildman–Crippen LogP) is 2.53. The molecule has 0 atom stereocenters. The van der Waals surface area contributed by atoms with Crippen molar-refractivity contribution in [2.24, 2.45) is 0 Å². The molecule has 1 aromatic carbocycles. The predicted molar refractivity (Wildman–Crippen MR) is 62.4 cm³/mol. The highest BCUT2D eigenvalue weighted by Crippen LogP contribution is 2.14. The Kier molecular flexibility index (Phi) is 3.23. The van der Waals surface area contributed by atoms with E-state index in [1.165, 1.54) is 12.1 Å². The van der Waals surface area contributed by atoms with Gasteiger partial charge >= 0.3 is 5.97 Å². The van der Waals surface area contributed by atoms with Gasteiger partial charge in [-0.3, -0.25) is 4.68 Å². The first-order valence-corrected chi connectivity index (χ1v) is 5.55. The summed E-state index contributed by atoms with van der Waals surface area (Å²) in [6, 6.07) is 3.70. The Morgan fingerprint density at radius 3 is 2.88 bits per heavy atom. The van der Waals surface area contributed by atoms with Gasteiger partial charge in [-0.1, -0.05) is 6.07 Å². The molecule has 0 fully saturated rings. The first-order valence-electron chi connectivity index (χ1n) is 4.76. The van der Waals surface area contributed by atoms with Gasteiger partial charge in [0.05, 0.1) is 22.8 Å². The Morgan fingerprint density at radius 2 is 2.29 bits per heavy atom. The van der Waals surface area contributed by atoms with E-state index in [1.54, 1.807) is 17.1 Å². The standard InChI is InChI=1S/C11H8BrFN2O2/c12-8-4-14-15(6-8)5-7-1-2-9(13)3-10(7)11(16)17/h1-4,6H,5H2,(H,16,17). The highest BCUT2D eigenvalue weighted by atomic mass is 79.9. The van der Waals surface area contributed by atoms with E-state index in [4.69, 9.17) is 5.11 Å². The van der Waals surface area contributed by atoms with E-state index >= 15 is 0 Å². The van der Waals surface area contributed by atoms with Gasteiger partial charge in [0.25, 0.3) is 0 Å². The summed E-state index contributed by atoms with van der Waals surface area (Å²) in [5.74, 6) is -1.71. The summed E-state index contributed by atoms with van der Waals surface area (Å²) in [7, 11) is 0. The van der Waals surface area contributed by atoms with Crippen molar-refractivity contribution < 1.29 is 14.3 Å². The zero-order valence-corrected chi connectivity index (χ0v) is 10.2. The van der Waals surface area contributed by atoms with Gasteiger partial charge in [-0.05, 0) is 33.6 Å². The molecule has 0 saturated carbocycles. The summed E-state index contributed by atoms with van der Waals surface area (Å²) in [6.07, 6.45) is 3.32. The van der Waals surface area contributed by atoms with Crippen LogP contribution in [0.3, 0.4) is 0 Å². The number of aromatic nitrogens is 2. The smallest absolute Gasteiger partial charge is 0.336 e. The van der Waals surface area contributed by atoms with Crippen molar-refractivity contribution in [3.63, 3.8) is 0 Å². The maximum absolute atomic E-state index is 13.0. The van der Waals surface area contributed by atoms with Crippen LogP contribution in [0.5, 0.6) is 0 Å².